The molecular weight excluding hydrogens is 245 g/mol. The summed E-state index contributed by atoms with van der Waals surface area (Å²) in [6.45, 7) is 2.18. The van der Waals surface area contributed by atoms with E-state index in [2.05, 4.69) is 49.4 Å². The predicted molar refractivity (Wildman–Crippen MR) is 62.7 cm³/mol. The molecule has 0 saturated carbocycles. The van der Waals surface area contributed by atoms with Crippen LogP contribution in [0.2, 0.25) is 0 Å². The molecule has 0 fully saturated rings. The third-order valence-corrected chi connectivity index (χ3v) is 5.56. The third-order valence-electron chi connectivity index (χ3n) is 2.57. The van der Waals surface area contributed by atoms with E-state index in [1.165, 1.54) is 19.2 Å². The summed E-state index contributed by atoms with van der Waals surface area (Å²) >= 11 is 0.116. The van der Waals surface area contributed by atoms with Crippen molar-refractivity contribution in [2.24, 2.45) is 4.99 Å². The zero-order valence-corrected chi connectivity index (χ0v) is 10.3. The maximum atomic E-state index is 4.69. The second-order valence-corrected chi connectivity index (χ2v) is 6.07. The van der Waals surface area contributed by atoms with Crippen LogP contribution in [0.15, 0.2) is 47.5 Å². The monoisotopic (exact) mass is 255 g/mol. The van der Waals surface area contributed by atoms with Gasteiger partial charge in [-0.25, -0.2) is 0 Å². The minimum atomic E-state index is 0.116. The van der Waals surface area contributed by atoms with Crippen molar-refractivity contribution < 1.29 is 0 Å². The number of aryl methyl sites for hydroxylation is 1. The number of nitrogens with zero attached hydrogens (tertiary/aromatic N) is 1. The quantitative estimate of drug-likeness (QED) is 0.540. The van der Waals surface area contributed by atoms with E-state index in [9.17, 15) is 0 Å². The van der Waals surface area contributed by atoms with Crippen molar-refractivity contribution >= 4 is 25.3 Å². The Labute approximate surface area is 94.7 Å². The molecule has 1 aliphatic rings. The molecule has 0 bridgehead atoms. The van der Waals surface area contributed by atoms with Gasteiger partial charge in [-0.3, -0.25) is 0 Å². The van der Waals surface area contributed by atoms with Gasteiger partial charge in [0, 0.05) is 0 Å². The van der Waals surface area contributed by atoms with E-state index in [1.807, 2.05) is 0 Å². The fourth-order valence-electron chi connectivity index (χ4n) is 1.78. The molecule has 2 aromatic carbocycles. The van der Waals surface area contributed by atoms with Crippen LogP contribution < -0.4 is 9.71 Å². The number of rotatable bonds is 0. The Morgan fingerprint density at radius 1 is 1.00 bits per heavy atom. The molecule has 2 aromatic rings. The Bertz CT molecular complexity index is 644. The first-order valence-corrected chi connectivity index (χ1v) is 6.84. The van der Waals surface area contributed by atoms with Crippen molar-refractivity contribution in [1.82, 2.24) is 0 Å². The van der Waals surface area contributed by atoms with Crippen LogP contribution in [-0.4, -0.2) is 15.3 Å². The summed E-state index contributed by atoms with van der Waals surface area (Å²) < 4.78 is 2.89. The molecule has 0 atom stereocenters. The summed E-state index contributed by atoms with van der Waals surface area (Å²) in [6, 6.07) is 14.9. The molecule has 0 saturated heterocycles. The number of para-hydroxylation sites is 1. The van der Waals surface area contributed by atoms with Gasteiger partial charge in [-0.15, -0.1) is 0 Å². The van der Waals surface area contributed by atoms with Gasteiger partial charge in [0.1, 0.15) is 0 Å². The first-order chi connectivity index (χ1) is 7.34. The van der Waals surface area contributed by atoms with Crippen LogP contribution in [0.5, 0.6) is 0 Å². The number of hydrogen-bond donors (Lipinski definition) is 0. The molecule has 0 unspecified atom stereocenters. The zero-order chi connectivity index (χ0) is 10.3. The minimum absolute atomic E-state index is 0.116. The van der Waals surface area contributed by atoms with Gasteiger partial charge in [0.15, 0.2) is 0 Å². The second-order valence-electron chi connectivity index (χ2n) is 3.65. The SMILES string of the molecule is Cc1cccc2c1=[As]c1ccccc1N=2. The summed E-state index contributed by atoms with van der Waals surface area (Å²) in [5, 5.41) is 1.17. The molecule has 0 spiro atoms. The second kappa shape index (κ2) is 3.43. The van der Waals surface area contributed by atoms with Gasteiger partial charge >= 0.3 is 94.6 Å². The van der Waals surface area contributed by atoms with E-state index < -0.39 is 0 Å². The molecule has 0 amide bonds. The van der Waals surface area contributed by atoms with Crippen LogP contribution in [0.3, 0.4) is 0 Å². The molecule has 2 heteroatoms. The van der Waals surface area contributed by atoms with Crippen LogP contribution in [0.1, 0.15) is 5.56 Å². The summed E-state index contributed by atoms with van der Waals surface area (Å²) in [4.78, 5) is 4.69. The third kappa shape index (κ3) is 1.48. The van der Waals surface area contributed by atoms with Crippen molar-refractivity contribution in [3.63, 3.8) is 0 Å². The number of benzene rings is 2. The van der Waals surface area contributed by atoms with Gasteiger partial charge in [0.05, 0.1) is 0 Å². The van der Waals surface area contributed by atoms with Crippen LogP contribution in [0.4, 0.5) is 5.69 Å². The summed E-state index contributed by atoms with van der Waals surface area (Å²) in [5.41, 5.74) is 2.54. The van der Waals surface area contributed by atoms with Crippen LogP contribution in [0.25, 0.3) is 0 Å². The fourth-order valence-corrected chi connectivity index (χ4v) is 4.15. The number of fused-ring (bicyclic) bond motifs is 2. The fraction of sp³-hybridized carbons (Fsp3) is 0.0769. The topological polar surface area (TPSA) is 12.4 Å². The van der Waals surface area contributed by atoms with Crippen molar-refractivity contribution in [2.45, 2.75) is 6.92 Å². The van der Waals surface area contributed by atoms with E-state index in [-0.39, 0.29) is 15.3 Å². The summed E-state index contributed by atoms with van der Waals surface area (Å²) in [7, 11) is 0. The van der Waals surface area contributed by atoms with Gasteiger partial charge in [-0.1, -0.05) is 0 Å². The van der Waals surface area contributed by atoms with Crippen molar-refractivity contribution in [1.29, 1.82) is 0 Å². The molecule has 3 rings (SSSR count). The predicted octanol–water partition coefficient (Wildman–Crippen LogP) is 1.54. The van der Waals surface area contributed by atoms with E-state index in [0.717, 1.165) is 5.69 Å². The van der Waals surface area contributed by atoms with Crippen molar-refractivity contribution in [3.05, 3.63) is 57.3 Å². The molecule has 1 aliphatic heterocycles. The standard InChI is InChI=1S/C13H10AsN/c1-9-5-4-8-12-13(9)14-10-6-2-3-7-11(10)15-12/h2-8H,1H3. The van der Waals surface area contributed by atoms with Crippen LogP contribution in [-0.2, 0) is 0 Å². The molecule has 0 aliphatic carbocycles. The molecule has 1 heterocycles. The normalized spacial score (nSPS) is 13.1. The van der Waals surface area contributed by atoms with Gasteiger partial charge in [0.2, 0.25) is 0 Å². The number of hydrogen-bond acceptors (Lipinski definition) is 1. The Morgan fingerprint density at radius 2 is 1.87 bits per heavy atom. The van der Waals surface area contributed by atoms with Gasteiger partial charge in [0.25, 0.3) is 0 Å². The zero-order valence-electron chi connectivity index (χ0n) is 8.44. The molecule has 15 heavy (non-hydrogen) atoms. The van der Waals surface area contributed by atoms with Gasteiger partial charge in [-0.2, -0.15) is 0 Å². The summed E-state index contributed by atoms with van der Waals surface area (Å²) in [6.07, 6.45) is 0. The van der Waals surface area contributed by atoms with E-state index >= 15 is 0 Å². The average Bonchev–Trinajstić information content (AvgIpc) is 2.27. The summed E-state index contributed by atoms with van der Waals surface area (Å²) in [5.74, 6) is 0. The van der Waals surface area contributed by atoms with Crippen molar-refractivity contribution in [2.75, 3.05) is 0 Å². The van der Waals surface area contributed by atoms with E-state index in [1.54, 1.807) is 0 Å². The first kappa shape index (κ1) is 9.06. The molecule has 0 aromatic heterocycles. The molecular formula is C13H10AsN. The maximum absolute atomic E-state index is 4.69. The first-order valence-electron chi connectivity index (χ1n) is 4.97. The van der Waals surface area contributed by atoms with Crippen LogP contribution >= 0.6 is 0 Å². The van der Waals surface area contributed by atoms with Gasteiger partial charge < -0.3 is 0 Å². The Kier molecular flexibility index (Phi) is 2.07. The molecule has 1 nitrogen and oxygen atoms in total. The van der Waals surface area contributed by atoms with E-state index in [4.69, 9.17) is 4.99 Å². The average molecular weight is 255 g/mol. The van der Waals surface area contributed by atoms with E-state index in [0.29, 0.717) is 0 Å². The van der Waals surface area contributed by atoms with Gasteiger partial charge in [-0.05, 0) is 0 Å². The van der Waals surface area contributed by atoms with Crippen LogP contribution in [0, 0.1) is 10.9 Å². The Hall–Kier alpha value is -1.20. The molecule has 0 N–H and O–H groups in total. The molecule has 72 valence electrons. The van der Waals surface area contributed by atoms with Crippen molar-refractivity contribution in [3.8, 4) is 0 Å². The Morgan fingerprint density at radius 3 is 2.80 bits per heavy atom. The Balaban J connectivity index is 2.44. The molecule has 0 radical (unpaired) electrons.